The predicted molar refractivity (Wildman–Crippen MR) is 129 cm³/mol. The Morgan fingerprint density at radius 2 is 1.91 bits per heavy atom. The summed E-state index contributed by atoms with van der Waals surface area (Å²) in [5, 5.41) is 17.8. The molecule has 4 heterocycles. The number of aliphatic hydroxyl groups is 1. The summed E-state index contributed by atoms with van der Waals surface area (Å²) in [4.78, 5) is 25.3. The molecule has 2 N–H and O–H groups in total. The predicted octanol–water partition coefficient (Wildman–Crippen LogP) is 5.02. The molecule has 1 aliphatic carbocycles. The Kier molecular flexibility index (Phi) is 6.50. The first-order chi connectivity index (χ1) is 16.7. The van der Waals surface area contributed by atoms with Gasteiger partial charge in [-0.15, -0.1) is 0 Å². The fraction of sp³-hybridized carbons (Fsp3) is 0.400. The van der Waals surface area contributed by atoms with Gasteiger partial charge >= 0.3 is 0 Å². The second-order valence-electron chi connectivity index (χ2n) is 8.44. The van der Waals surface area contributed by atoms with E-state index in [9.17, 15) is 18.7 Å². The molecular weight excluding hydrogens is 454 g/mol. The Morgan fingerprint density at radius 3 is 2.54 bits per heavy atom. The number of hydrogen-bond acceptors (Lipinski definition) is 6. The Hall–Kier alpha value is -3.53. The summed E-state index contributed by atoms with van der Waals surface area (Å²) >= 11 is 0. The Bertz CT molecular complexity index is 1420. The van der Waals surface area contributed by atoms with Crippen LogP contribution in [0, 0.1) is 19.8 Å². The number of carbonyl (C=O) groups excluding carboxylic acids is 1. The van der Waals surface area contributed by atoms with Crippen LogP contribution < -0.4 is 5.32 Å². The lowest BCUT2D eigenvalue weighted by Crippen LogP contribution is -2.18. The zero-order chi connectivity index (χ0) is 25.5. The molecule has 0 bridgehead atoms. The molecule has 2 unspecified atom stereocenters. The van der Waals surface area contributed by atoms with E-state index in [1.165, 1.54) is 0 Å². The van der Waals surface area contributed by atoms with E-state index < -0.39 is 30.3 Å². The van der Waals surface area contributed by atoms with E-state index in [2.05, 4.69) is 25.4 Å². The van der Waals surface area contributed by atoms with Crippen molar-refractivity contribution in [1.29, 1.82) is 0 Å². The molecule has 0 aromatic carbocycles. The van der Waals surface area contributed by atoms with E-state index in [1.807, 2.05) is 39.8 Å². The van der Waals surface area contributed by atoms with Crippen LogP contribution in [-0.4, -0.2) is 41.5 Å². The molecule has 4 aromatic rings. The van der Waals surface area contributed by atoms with Crippen molar-refractivity contribution in [2.45, 2.75) is 59.5 Å². The molecular formula is C25H28F2N6O2. The highest BCUT2D eigenvalue weighted by Crippen LogP contribution is 2.49. The molecule has 35 heavy (non-hydrogen) atoms. The number of nitrogens with zero attached hydrogens (tertiary/aromatic N) is 5. The quantitative estimate of drug-likeness (QED) is 0.414. The Morgan fingerprint density at radius 1 is 1.20 bits per heavy atom. The number of aryl methyl sites for hydroxylation is 2. The molecule has 1 amide bonds. The lowest BCUT2D eigenvalue weighted by molar-refractivity contribution is -0.119. The maximum Gasteiger partial charge on any atom is 0.260 e. The highest BCUT2D eigenvalue weighted by Gasteiger charge is 2.61. The number of carbonyl (C=O) groups is 1. The molecule has 1 aliphatic rings. The van der Waals surface area contributed by atoms with Crippen molar-refractivity contribution in [3.05, 3.63) is 47.7 Å². The van der Waals surface area contributed by atoms with Crippen LogP contribution in [-0.2, 0) is 4.79 Å². The van der Waals surface area contributed by atoms with Crippen LogP contribution >= 0.6 is 0 Å². The number of pyridine rings is 3. The minimum atomic E-state index is -2.94. The van der Waals surface area contributed by atoms with Crippen molar-refractivity contribution >= 4 is 28.3 Å². The summed E-state index contributed by atoms with van der Waals surface area (Å²) in [6.07, 6.45) is 2.78. The summed E-state index contributed by atoms with van der Waals surface area (Å²) in [6.45, 7) is 9.60. The number of aromatic nitrogens is 5. The summed E-state index contributed by atoms with van der Waals surface area (Å²) < 4.78 is 28.1. The van der Waals surface area contributed by atoms with Gasteiger partial charge in [0.1, 0.15) is 17.6 Å². The van der Waals surface area contributed by atoms with Crippen molar-refractivity contribution in [3.63, 3.8) is 0 Å². The van der Waals surface area contributed by atoms with Gasteiger partial charge in [-0.05, 0) is 38.0 Å². The van der Waals surface area contributed by atoms with Gasteiger partial charge in [0.25, 0.3) is 5.92 Å². The third kappa shape index (κ3) is 4.58. The molecule has 10 heteroatoms. The number of alkyl halides is 2. The highest BCUT2D eigenvalue weighted by atomic mass is 19.3. The van der Waals surface area contributed by atoms with Crippen LogP contribution in [0.25, 0.3) is 27.7 Å². The van der Waals surface area contributed by atoms with Crippen molar-refractivity contribution in [3.8, 4) is 11.1 Å². The maximum atomic E-state index is 13.2. The zero-order valence-electron chi connectivity index (χ0n) is 20.3. The molecule has 0 radical (unpaired) electrons. The Balaban J connectivity index is 0.00000141. The lowest BCUT2D eigenvalue weighted by Gasteiger charge is -2.13. The number of rotatable bonds is 5. The molecule has 0 spiro atoms. The molecule has 184 valence electrons. The van der Waals surface area contributed by atoms with Gasteiger partial charge in [-0.1, -0.05) is 20.8 Å². The van der Waals surface area contributed by atoms with Crippen molar-refractivity contribution in [2.75, 3.05) is 5.32 Å². The largest absolute Gasteiger partial charge is 0.387 e. The standard InChI is InChI=1S/C23H22F2N6O2.C2H6/c1-4-19(32)17-5-11(2)15(10-26-17)14-6-13-9-27-20(29-22(33)16-8-23(16,24)25)7-18(13)31-21(14)28-12(3)30-31;1-2/h5-7,9-10,16,19,32H,4,8H2,1-3H3,(H,27,29,33);1-2H3. The maximum absolute atomic E-state index is 13.2. The number of amides is 1. The second-order valence-corrected chi connectivity index (χ2v) is 8.44. The van der Waals surface area contributed by atoms with Gasteiger partial charge in [0.2, 0.25) is 5.91 Å². The van der Waals surface area contributed by atoms with E-state index >= 15 is 0 Å². The number of nitrogens with one attached hydrogen (secondary N) is 1. The monoisotopic (exact) mass is 482 g/mol. The van der Waals surface area contributed by atoms with E-state index in [4.69, 9.17) is 0 Å². The lowest BCUT2D eigenvalue weighted by atomic mass is 10.0. The fourth-order valence-electron chi connectivity index (χ4n) is 3.96. The number of hydrogen-bond donors (Lipinski definition) is 2. The van der Waals surface area contributed by atoms with E-state index in [1.54, 1.807) is 29.9 Å². The SMILES string of the molecule is CC.CCC(O)c1cc(C)c(-c2cc3cnc(NC(=O)C4CC4(F)F)cc3n3nc(C)nc23)cn1. The molecule has 1 fully saturated rings. The first-order valence-electron chi connectivity index (χ1n) is 11.7. The van der Waals surface area contributed by atoms with Crippen molar-refractivity contribution in [1.82, 2.24) is 24.6 Å². The summed E-state index contributed by atoms with van der Waals surface area (Å²) in [6, 6.07) is 5.37. The average molecular weight is 483 g/mol. The van der Waals surface area contributed by atoms with Crippen LogP contribution in [0.3, 0.4) is 0 Å². The minimum absolute atomic E-state index is 0.174. The van der Waals surface area contributed by atoms with Gasteiger partial charge in [0.15, 0.2) is 5.65 Å². The molecule has 1 saturated carbocycles. The first-order valence-corrected chi connectivity index (χ1v) is 11.7. The minimum Gasteiger partial charge on any atom is -0.387 e. The summed E-state index contributed by atoms with van der Waals surface area (Å²) in [5.41, 5.74) is 4.39. The van der Waals surface area contributed by atoms with Gasteiger partial charge in [0, 0.05) is 41.4 Å². The van der Waals surface area contributed by atoms with Gasteiger partial charge in [-0.3, -0.25) is 9.78 Å². The molecule has 8 nitrogen and oxygen atoms in total. The Labute approximate surface area is 201 Å². The van der Waals surface area contributed by atoms with Gasteiger partial charge in [-0.2, -0.15) is 5.10 Å². The van der Waals surface area contributed by atoms with Gasteiger partial charge < -0.3 is 10.4 Å². The van der Waals surface area contributed by atoms with E-state index in [0.29, 0.717) is 29.1 Å². The highest BCUT2D eigenvalue weighted by molar-refractivity contribution is 5.97. The number of halogens is 2. The van der Waals surface area contributed by atoms with Crippen molar-refractivity contribution < 1.29 is 18.7 Å². The first kappa shape index (κ1) is 24.6. The molecule has 2 atom stereocenters. The number of aliphatic hydroxyl groups excluding tert-OH is 1. The molecule has 0 saturated heterocycles. The van der Waals surface area contributed by atoms with E-state index in [-0.39, 0.29) is 5.82 Å². The smallest absolute Gasteiger partial charge is 0.260 e. The van der Waals surface area contributed by atoms with E-state index in [0.717, 1.165) is 22.1 Å². The van der Waals surface area contributed by atoms with Crippen LogP contribution in [0.15, 0.2) is 30.6 Å². The van der Waals surface area contributed by atoms with Crippen LogP contribution in [0.4, 0.5) is 14.6 Å². The topological polar surface area (TPSA) is 105 Å². The zero-order valence-corrected chi connectivity index (χ0v) is 20.3. The van der Waals surface area contributed by atoms with Crippen molar-refractivity contribution in [2.24, 2.45) is 5.92 Å². The van der Waals surface area contributed by atoms with Gasteiger partial charge in [0.05, 0.1) is 17.3 Å². The van der Waals surface area contributed by atoms with Crippen LogP contribution in [0.5, 0.6) is 0 Å². The third-order valence-electron chi connectivity index (χ3n) is 5.94. The number of fused-ring (bicyclic) bond motifs is 3. The van der Waals surface area contributed by atoms with Gasteiger partial charge in [-0.25, -0.2) is 23.3 Å². The third-order valence-corrected chi connectivity index (χ3v) is 5.94. The summed E-state index contributed by atoms with van der Waals surface area (Å²) in [5.74, 6) is -4.28. The molecule has 0 aliphatic heterocycles. The normalized spacial score (nSPS) is 17.1. The second kappa shape index (κ2) is 9.26. The summed E-state index contributed by atoms with van der Waals surface area (Å²) in [7, 11) is 0. The number of anilines is 1. The average Bonchev–Trinajstić information content (AvgIpc) is 3.30. The fourth-order valence-corrected chi connectivity index (χ4v) is 3.96. The van der Waals surface area contributed by atoms with Crippen LogP contribution in [0.1, 0.15) is 56.8 Å². The molecule has 4 aromatic heterocycles. The molecule has 5 rings (SSSR count). The van der Waals surface area contributed by atoms with Crippen LogP contribution in [0.2, 0.25) is 0 Å².